The summed E-state index contributed by atoms with van der Waals surface area (Å²) < 4.78 is 13.5. The molecule has 0 bridgehead atoms. The first-order chi connectivity index (χ1) is 13.7. The molecule has 0 unspecified atom stereocenters. The normalized spacial score (nSPS) is 17.0. The molecule has 2 aromatic rings. The van der Waals surface area contributed by atoms with Crippen molar-refractivity contribution in [2.75, 3.05) is 40.0 Å². The fourth-order valence-electron chi connectivity index (χ4n) is 3.66. The Labute approximate surface area is 167 Å². The predicted molar refractivity (Wildman–Crippen MR) is 113 cm³/mol. The second kappa shape index (κ2) is 9.89. The number of rotatable bonds is 8. The molecule has 1 saturated heterocycles. The van der Waals surface area contributed by atoms with Gasteiger partial charge in [-0.15, -0.1) is 0 Å². The van der Waals surface area contributed by atoms with Crippen molar-refractivity contribution in [2.45, 2.75) is 45.3 Å². The third-order valence-corrected chi connectivity index (χ3v) is 5.40. The van der Waals surface area contributed by atoms with Crippen molar-refractivity contribution in [3.63, 3.8) is 0 Å². The molecule has 0 spiro atoms. The number of benzene rings is 1. The first-order valence-electron chi connectivity index (χ1n) is 10.2. The zero-order chi connectivity index (χ0) is 19.8. The molecule has 28 heavy (non-hydrogen) atoms. The lowest BCUT2D eigenvalue weighted by atomic mass is 9.94. The van der Waals surface area contributed by atoms with Crippen LogP contribution in [0.5, 0.6) is 0 Å². The largest absolute Gasteiger partial charge is 0.381 e. The second-order valence-electron chi connectivity index (χ2n) is 7.27. The van der Waals surface area contributed by atoms with Gasteiger partial charge in [-0.3, -0.25) is 4.99 Å². The zero-order valence-electron chi connectivity index (χ0n) is 17.3. The molecule has 3 rings (SSSR count). The van der Waals surface area contributed by atoms with Gasteiger partial charge in [0.1, 0.15) is 5.82 Å². The maximum absolute atomic E-state index is 5.78. The van der Waals surface area contributed by atoms with Gasteiger partial charge in [0.25, 0.3) is 0 Å². The van der Waals surface area contributed by atoms with Crippen LogP contribution < -0.4 is 10.6 Å². The topological polar surface area (TPSA) is 72.7 Å². The minimum atomic E-state index is -0.201. The van der Waals surface area contributed by atoms with E-state index < -0.39 is 0 Å². The van der Waals surface area contributed by atoms with Gasteiger partial charge in [-0.25, -0.2) is 4.98 Å². The van der Waals surface area contributed by atoms with Crippen LogP contribution in [0, 0.1) is 6.92 Å². The number of methoxy groups -OCH3 is 1. The van der Waals surface area contributed by atoms with E-state index in [1.54, 1.807) is 7.11 Å². The highest BCUT2D eigenvalue weighted by Crippen LogP contribution is 2.24. The molecular weight excluding hydrogens is 354 g/mol. The number of nitrogens with one attached hydrogen (secondary N) is 2. The second-order valence-corrected chi connectivity index (χ2v) is 7.27. The van der Waals surface area contributed by atoms with Crippen molar-refractivity contribution in [2.24, 2.45) is 4.99 Å². The summed E-state index contributed by atoms with van der Waals surface area (Å²) in [6.07, 6.45) is 2.77. The molecule has 0 saturated carbocycles. The summed E-state index contributed by atoms with van der Waals surface area (Å²) in [6.45, 7) is 8.89. The Bertz CT molecular complexity index is 780. The van der Waals surface area contributed by atoms with Gasteiger partial charge in [0.15, 0.2) is 5.96 Å². The Balaban J connectivity index is 1.54. The number of nitrogens with zero attached hydrogens (tertiary/aromatic N) is 3. The number of guanidine groups is 1. The van der Waals surface area contributed by atoms with Crippen LogP contribution in [0.25, 0.3) is 11.0 Å². The number of imidazole rings is 1. The molecule has 1 aromatic carbocycles. The lowest BCUT2D eigenvalue weighted by molar-refractivity contribution is -0.0828. The first-order valence-corrected chi connectivity index (χ1v) is 10.2. The summed E-state index contributed by atoms with van der Waals surface area (Å²) in [6, 6.07) is 8.29. The number of aliphatic imine (C=N–C) groups is 1. The molecule has 1 aromatic heterocycles. The Morgan fingerprint density at radius 2 is 2.07 bits per heavy atom. The maximum atomic E-state index is 5.78. The van der Waals surface area contributed by atoms with Gasteiger partial charge in [0.05, 0.1) is 23.2 Å². The molecule has 0 amide bonds. The summed E-state index contributed by atoms with van der Waals surface area (Å²) in [5.41, 5.74) is 2.05. The third kappa shape index (κ3) is 5.02. The van der Waals surface area contributed by atoms with Gasteiger partial charge in [0, 0.05) is 52.8 Å². The number of fused-ring (bicyclic) bond motifs is 1. The lowest BCUT2D eigenvalue weighted by Crippen LogP contribution is -2.44. The molecule has 2 heterocycles. The number of hydrogen-bond acceptors (Lipinski definition) is 4. The maximum Gasteiger partial charge on any atom is 0.191 e. The van der Waals surface area contributed by atoms with Crippen LogP contribution in [-0.4, -0.2) is 61.1 Å². The number of para-hydroxylation sites is 2. The quantitative estimate of drug-likeness (QED) is 0.414. The van der Waals surface area contributed by atoms with Crippen molar-refractivity contribution >= 4 is 17.0 Å². The van der Waals surface area contributed by atoms with E-state index in [0.29, 0.717) is 6.54 Å². The van der Waals surface area contributed by atoms with E-state index in [1.807, 2.05) is 6.07 Å². The number of hydrogen-bond donors (Lipinski definition) is 2. The molecule has 1 aliphatic heterocycles. The van der Waals surface area contributed by atoms with E-state index in [9.17, 15) is 0 Å². The van der Waals surface area contributed by atoms with Gasteiger partial charge in [-0.05, 0) is 32.4 Å². The van der Waals surface area contributed by atoms with E-state index >= 15 is 0 Å². The van der Waals surface area contributed by atoms with Crippen molar-refractivity contribution < 1.29 is 9.47 Å². The number of aromatic nitrogens is 2. The minimum absolute atomic E-state index is 0.201. The molecule has 154 valence electrons. The van der Waals surface area contributed by atoms with Crippen LogP contribution in [0.4, 0.5) is 0 Å². The highest BCUT2D eigenvalue weighted by molar-refractivity contribution is 5.79. The van der Waals surface area contributed by atoms with Crippen LogP contribution in [0.15, 0.2) is 29.3 Å². The summed E-state index contributed by atoms with van der Waals surface area (Å²) >= 11 is 0. The summed E-state index contributed by atoms with van der Waals surface area (Å²) in [5, 5.41) is 6.78. The zero-order valence-corrected chi connectivity index (χ0v) is 17.3. The average Bonchev–Trinajstić information content (AvgIpc) is 3.05. The van der Waals surface area contributed by atoms with E-state index in [1.165, 1.54) is 5.52 Å². The molecule has 0 radical (unpaired) electrons. The Morgan fingerprint density at radius 3 is 2.82 bits per heavy atom. The Kier molecular flexibility index (Phi) is 7.28. The first kappa shape index (κ1) is 20.6. The van der Waals surface area contributed by atoms with Gasteiger partial charge >= 0.3 is 0 Å². The molecule has 0 aliphatic carbocycles. The minimum Gasteiger partial charge on any atom is -0.381 e. The predicted octanol–water partition coefficient (Wildman–Crippen LogP) is 2.49. The Hall–Kier alpha value is -2.12. The molecule has 7 heteroatoms. The standard InChI is InChI=1S/C21H33N5O2/c1-4-22-20(24-16-21(27-3)10-14-28-15-11-21)23-12-7-13-26-17(2)25-18-8-5-6-9-19(18)26/h5-6,8-9H,4,7,10-16H2,1-3H3,(H2,22,23,24). The monoisotopic (exact) mass is 387 g/mol. The fraction of sp³-hybridized carbons (Fsp3) is 0.619. The fourth-order valence-corrected chi connectivity index (χ4v) is 3.66. The van der Waals surface area contributed by atoms with Crippen molar-refractivity contribution in [1.29, 1.82) is 0 Å². The van der Waals surface area contributed by atoms with Crippen molar-refractivity contribution in [3.05, 3.63) is 30.1 Å². The summed E-state index contributed by atoms with van der Waals surface area (Å²) in [4.78, 5) is 9.41. The van der Waals surface area contributed by atoms with E-state index in [0.717, 1.165) is 69.4 Å². The van der Waals surface area contributed by atoms with Crippen molar-refractivity contribution in [3.8, 4) is 0 Å². The van der Waals surface area contributed by atoms with Gasteiger partial charge in [-0.1, -0.05) is 12.1 Å². The highest BCUT2D eigenvalue weighted by atomic mass is 16.5. The smallest absolute Gasteiger partial charge is 0.191 e. The van der Waals surface area contributed by atoms with Crippen LogP contribution >= 0.6 is 0 Å². The molecule has 1 aliphatic rings. The van der Waals surface area contributed by atoms with Crippen molar-refractivity contribution in [1.82, 2.24) is 20.2 Å². The van der Waals surface area contributed by atoms with Gasteiger partial charge < -0.3 is 24.7 Å². The molecule has 0 atom stereocenters. The number of aryl methyl sites for hydroxylation is 2. The molecule has 7 nitrogen and oxygen atoms in total. The van der Waals surface area contributed by atoms with E-state index in [-0.39, 0.29) is 5.60 Å². The highest BCUT2D eigenvalue weighted by Gasteiger charge is 2.32. The van der Waals surface area contributed by atoms with E-state index in [2.05, 4.69) is 52.2 Å². The molecule has 2 N–H and O–H groups in total. The van der Waals surface area contributed by atoms with E-state index in [4.69, 9.17) is 14.5 Å². The number of ether oxygens (including phenoxy) is 2. The van der Waals surface area contributed by atoms with Gasteiger partial charge in [0.2, 0.25) is 0 Å². The molecule has 1 fully saturated rings. The summed E-state index contributed by atoms with van der Waals surface area (Å²) in [7, 11) is 1.78. The summed E-state index contributed by atoms with van der Waals surface area (Å²) in [5.74, 6) is 1.90. The Morgan fingerprint density at radius 1 is 1.29 bits per heavy atom. The third-order valence-electron chi connectivity index (χ3n) is 5.40. The van der Waals surface area contributed by atoms with Gasteiger partial charge in [-0.2, -0.15) is 0 Å². The molecular formula is C21H33N5O2. The van der Waals surface area contributed by atoms with Crippen LogP contribution in [0.1, 0.15) is 32.0 Å². The SMILES string of the molecule is CCNC(=NCC1(OC)CCOCC1)NCCCn1c(C)nc2ccccc21. The van der Waals surface area contributed by atoms with Crippen LogP contribution in [0.3, 0.4) is 0 Å². The van der Waals surface area contributed by atoms with Crippen LogP contribution in [0.2, 0.25) is 0 Å². The average molecular weight is 388 g/mol. The van der Waals surface area contributed by atoms with Crippen LogP contribution in [-0.2, 0) is 16.0 Å². The lowest BCUT2D eigenvalue weighted by Gasteiger charge is -2.34.